The van der Waals surface area contributed by atoms with Gasteiger partial charge in [-0.2, -0.15) is 0 Å². The van der Waals surface area contributed by atoms with Gasteiger partial charge in [0.25, 0.3) is 5.91 Å². The summed E-state index contributed by atoms with van der Waals surface area (Å²) >= 11 is 0. The van der Waals surface area contributed by atoms with E-state index < -0.39 is 25.8 Å². The lowest BCUT2D eigenvalue weighted by Crippen LogP contribution is -2.41. The molecule has 0 heterocycles. The van der Waals surface area contributed by atoms with Gasteiger partial charge in [-0.25, -0.2) is 5.06 Å². The van der Waals surface area contributed by atoms with Crippen molar-refractivity contribution in [2.45, 2.75) is 32.0 Å². The van der Waals surface area contributed by atoms with Crippen LogP contribution in [-0.4, -0.2) is 38.3 Å². The number of unbranched alkanes of at least 4 members (excludes halogenated alkanes) is 1. The molecular weight excluding hydrogens is 223 g/mol. The van der Waals surface area contributed by atoms with Crippen molar-refractivity contribution in [3.05, 3.63) is 0 Å². The highest BCUT2D eigenvalue weighted by Gasteiger charge is 2.35. The number of hydroxylamine groups is 2. The Labute approximate surface area is 88.0 Å². The van der Waals surface area contributed by atoms with Crippen molar-refractivity contribution in [2.75, 3.05) is 6.54 Å². The lowest BCUT2D eigenvalue weighted by atomic mass is 10.2. The van der Waals surface area contributed by atoms with Crippen molar-refractivity contribution >= 4 is 13.5 Å². The van der Waals surface area contributed by atoms with E-state index >= 15 is 0 Å². The lowest BCUT2D eigenvalue weighted by molar-refractivity contribution is -0.169. The predicted octanol–water partition coefficient (Wildman–Crippen LogP) is -0.143. The van der Waals surface area contributed by atoms with Crippen molar-refractivity contribution in [1.29, 1.82) is 0 Å². The number of hydrogen-bond acceptors (Lipinski definition) is 4. The Bertz CT molecular complexity index is 254. The second kappa shape index (κ2) is 6.19. The smallest absolute Gasteiger partial charge is 0.323 e. The van der Waals surface area contributed by atoms with Crippen LogP contribution < -0.4 is 5.73 Å². The molecule has 7 nitrogen and oxygen atoms in total. The molecule has 0 aromatic heterocycles. The lowest BCUT2D eigenvalue weighted by Gasteiger charge is -2.25. The molecule has 1 amide bonds. The molecule has 0 aliphatic rings. The molecule has 0 fully saturated rings. The molecule has 0 radical (unpaired) electrons. The average Bonchev–Trinajstić information content (AvgIpc) is 2.14. The van der Waals surface area contributed by atoms with E-state index in [1.165, 1.54) is 0 Å². The van der Waals surface area contributed by atoms with Gasteiger partial charge < -0.3 is 15.5 Å². The summed E-state index contributed by atoms with van der Waals surface area (Å²) in [6, 6.07) is 0. The van der Waals surface area contributed by atoms with E-state index in [2.05, 4.69) is 0 Å². The van der Waals surface area contributed by atoms with E-state index in [1.807, 2.05) is 6.92 Å². The summed E-state index contributed by atoms with van der Waals surface area (Å²) in [6.45, 7) is 1.35. The van der Waals surface area contributed by atoms with Crippen molar-refractivity contribution in [2.24, 2.45) is 5.73 Å². The standard InChI is InChI=1S/C7H17N2O5P/c1-2-3-4-7(15(12,13)14)9(11)6(10)5-8/h7,11H,2-5,8H2,1H3,(H2,12,13,14). The van der Waals surface area contributed by atoms with Crippen LogP contribution in [0.2, 0.25) is 0 Å². The Balaban J connectivity index is 4.63. The minimum absolute atomic E-state index is 0.0447. The van der Waals surface area contributed by atoms with E-state index in [0.29, 0.717) is 12.8 Å². The van der Waals surface area contributed by atoms with Crippen LogP contribution in [0.4, 0.5) is 0 Å². The normalized spacial score (nSPS) is 13.7. The second-order valence-corrected chi connectivity index (χ2v) is 4.93. The predicted molar refractivity (Wildman–Crippen MR) is 53.0 cm³/mol. The SMILES string of the molecule is CCCCC(N(O)C(=O)CN)P(=O)(O)O. The van der Waals surface area contributed by atoms with Crippen LogP contribution in [0, 0.1) is 0 Å². The van der Waals surface area contributed by atoms with Gasteiger partial charge in [-0.05, 0) is 6.42 Å². The first kappa shape index (κ1) is 14.5. The molecule has 0 saturated heterocycles. The summed E-state index contributed by atoms with van der Waals surface area (Å²) in [7, 11) is -4.53. The highest BCUT2D eigenvalue weighted by Crippen LogP contribution is 2.44. The number of carbonyl (C=O) groups is 1. The Morgan fingerprint density at radius 3 is 2.40 bits per heavy atom. The quantitative estimate of drug-likeness (QED) is 0.291. The summed E-state index contributed by atoms with van der Waals surface area (Å²) in [6.07, 6.45) is 1.26. The highest BCUT2D eigenvalue weighted by atomic mass is 31.2. The number of hydrogen-bond donors (Lipinski definition) is 4. The monoisotopic (exact) mass is 240 g/mol. The van der Waals surface area contributed by atoms with Crippen LogP contribution in [0.25, 0.3) is 0 Å². The number of rotatable bonds is 6. The van der Waals surface area contributed by atoms with Gasteiger partial charge in [-0.1, -0.05) is 19.8 Å². The summed E-state index contributed by atoms with van der Waals surface area (Å²) in [4.78, 5) is 28.8. The van der Waals surface area contributed by atoms with E-state index in [0.717, 1.165) is 0 Å². The van der Waals surface area contributed by atoms with Gasteiger partial charge >= 0.3 is 7.60 Å². The van der Waals surface area contributed by atoms with Gasteiger partial charge in [-0.15, -0.1) is 0 Å². The molecule has 0 aliphatic carbocycles. The van der Waals surface area contributed by atoms with Crippen LogP contribution >= 0.6 is 7.60 Å². The zero-order valence-corrected chi connectivity index (χ0v) is 9.43. The Hall–Kier alpha value is -0.460. The molecule has 0 aliphatic heterocycles. The fraction of sp³-hybridized carbons (Fsp3) is 0.857. The van der Waals surface area contributed by atoms with Gasteiger partial charge in [0.1, 0.15) is 0 Å². The van der Waals surface area contributed by atoms with Crippen molar-refractivity contribution in [3.8, 4) is 0 Å². The van der Waals surface area contributed by atoms with E-state index in [9.17, 15) is 14.6 Å². The zero-order chi connectivity index (χ0) is 12.1. The van der Waals surface area contributed by atoms with E-state index in [4.69, 9.17) is 15.5 Å². The Morgan fingerprint density at radius 2 is 2.07 bits per heavy atom. The molecule has 5 N–H and O–H groups in total. The molecule has 0 rings (SSSR count). The van der Waals surface area contributed by atoms with Gasteiger partial charge in [-0.3, -0.25) is 14.6 Å². The van der Waals surface area contributed by atoms with Crippen LogP contribution in [0.3, 0.4) is 0 Å². The molecule has 15 heavy (non-hydrogen) atoms. The number of nitrogens with zero attached hydrogens (tertiary/aromatic N) is 1. The van der Waals surface area contributed by atoms with Crippen molar-refractivity contribution in [1.82, 2.24) is 5.06 Å². The molecule has 0 aromatic rings. The molecule has 8 heteroatoms. The first-order chi connectivity index (χ1) is 6.84. The Morgan fingerprint density at radius 1 is 1.53 bits per heavy atom. The first-order valence-electron chi connectivity index (χ1n) is 4.60. The number of carbonyl (C=O) groups excluding carboxylic acids is 1. The minimum atomic E-state index is -4.53. The third kappa shape index (κ3) is 4.72. The molecule has 1 atom stereocenters. The van der Waals surface area contributed by atoms with E-state index in [1.54, 1.807) is 0 Å². The van der Waals surface area contributed by atoms with Gasteiger partial charge in [0, 0.05) is 0 Å². The number of amides is 1. The molecule has 1 unspecified atom stereocenters. The molecule has 0 bridgehead atoms. The summed E-state index contributed by atoms with van der Waals surface area (Å²) in [5, 5.41) is 9.30. The Kier molecular flexibility index (Phi) is 6.00. The maximum Gasteiger partial charge on any atom is 0.350 e. The van der Waals surface area contributed by atoms with Gasteiger partial charge in [0.15, 0.2) is 5.78 Å². The van der Waals surface area contributed by atoms with Crippen molar-refractivity contribution in [3.63, 3.8) is 0 Å². The first-order valence-corrected chi connectivity index (χ1v) is 6.29. The maximum absolute atomic E-state index is 11.0. The third-order valence-electron chi connectivity index (χ3n) is 1.92. The summed E-state index contributed by atoms with van der Waals surface area (Å²) < 4.78 is 11.0. The molecule has 0 spiro atoms. The highest BCUT2D eigenvalue weighted by molar-refractivity contribution is 7.52. The average molecular weight is 240 g/mol. The third-order valence-corrected chi connectivity index (χ3v) is 3.17. The fourth-order valence-corrected chi connectivity index (χ4v) is 2.01. The van der Waals surface area contributed by atoms with Crippen LogP contribution in [0.5, 0.6) is 0 Å². The topological polar surface area (TPSA) is 124 Å². The van der Waals surface area contributed by atoms with Crippen LogP contribution in [0.1, 0.15) is 26.2 Å². The van der Waals surface area contributed by atoms with Gasteiger partial charge in [0.2, 0.25) is 0 Å². The molecule has 0 aromatic carbocycles. The molecule has 0 saturated carbocycles. The summed E-state index contributed by atoms with van der Waals surface area (Å²) in [5.74, 6) is -2.40. The fourth-order valence-electron chi connectivity index (χ4n) is 1.08. The summed E-state index contributed by atoms with van der Waals surface area (Å²) in [5.41, 5.74) is 4.98. The minimum Gasteiger partial charge on any atom is -0.323 e. The molecule has 90 valence electrons. The second-order valence-electron chi connectivity index (χ2n) is 3.15. The van der Waals surface area contributed by atoms with Gasteiger partial charge in [0.05, 0.1) is 6.54 Å². The van der Waals surface area contributed by atoms with E-state index in [-0.39, 0.29) is 11.5 Å². The number of nitrogens with two attached hydrogens (primary N) is 1. The molecular formula is C7H17N2O5P. The largest absolute Gasteiger partial charge is 0.350 e. The zero-order valence-electron chi connectivity index (χ0n) is 8.54. The maximum atomic E-state index is 11.0. The van der Waals surface area contributed by atoms with Crippen LogP contribution in [-0.2, 0) is 9.36 Å². The van der Waals surface area contributed by atoms with Crippen molar-refractivity contribution < 1.29 is 24.4 Å². The van der Waals surface area contributed by atoms with Crippen LogP contribution in [0.15, 0.2) is 0 Å².